The van der Waals surface area contributed by atoms with Crippen molar-refractivity contribution >= 4 is 5.69 Å². The second kappa shape index (κ2) is 4.79. The number of nitro groups is 1. The molecular weight excluding hydrogens is 244 g/mol. The van der Waals surface area contributed by atoms with Gasteiger partial charge in [0.1, 0.15) is 11.6 Å². The number of benzene rings is 2. The van der Waals surface area contributed by atoms with Crippen LogP contribution in [-0.4, -0.2) is 4.92 Å². The molecule has 4 nitrogen and oxygen atoms in total. The second-order valence-electron chi connectivity index (χ2n) is 3.43. The first-order valence-electron chi connectivity index (χ1n) is 4.93. The van der Waals surface area contributed by atoms with Crippen LogP contribution in [0.15, 0.2) is 42.5 Å². The third-order valence-electron chi connectivity index (χ3n) is 2.13. The fourth-order valence-electron chi connectivity index (χ4n) is 1.37. The molecule has 0 aliphatic rings. The van der Waals surface area contributed by atoms with Crippen molar-refractivity contribution in [1.82, 2.24) is 0 Å². The highest BCUT2D eigenvalue weighted by atomic mass is 19.1. The summed E-state index contributed by atoms with van der Waals surface area (Å²) in [6, 6.07) is 8.24. The number of ether oxygens (including phenoxy) is 1. The van der Waals surface area contributed by atoms with E-state index in [1.165, 1.54) is 24.3 Å². The number of non-ortho nitro benzene ring substituents is 1. The standard InChI is InChI=1S/C12H7F2NO3/c13-8-5-9(15(16)17)7-10(6-8)18-12-4-2-1-3-11(12)14/h1-7H. The van der Waals surface area contributed by atoms with Gasteiger partial charge in [-0.05, 0) is 12.1 Å². The maximum atomic E-state index is 13.3. The molecule has 2 aromatic rings. The number of hydrogen-bond donors (Lipinski definition) is 0. The van der Waals surface area contributed by atoms with Gasteiger partial charge in [0.15, 0.2) is 11.6 Å². The van der Waals surface area contributed by atoms with E-state index in [1.54, 1.807) is 0 Å². The molecular formula is C12H7F2NO3. The molecule has 0 amide bonds. The Kier molecular flexibility index (Phi) is 3.18. The van der Waals surface area contributed by atoms with Crippen molar-refractivity contribution in [3.05, 3.63) is 64.2 Å². The van der Waals surface area contributed by atoms with Gasteiger partial charge < -0.3 is 4.74 Å². The average Bonchev–Trinajstić information content (AvgIpc) is 2.31. The van der Waals surface area contributed by atoms with Crippen LogP contribution >= 0.6 is 0 Å². The van der Waals surface area contributed by atoms with E-state index in [2.05, 4.69) is 0 Å². The number of halogens is 2. The van der Waals surface area contributed by atoms with Crippen LogP contribution in [0.2, 0.25) is 0 Å². The lowest BCUT2D eigenvalue weighted by Gasteiger charge is -2.06. The zero-order chi connectivity index (χ0) is 13.1. The van der Waals surface area contributed by atoms with Crippen molar-refractivity contribution in [1.29, 1.82) is 0 Å². The largest absolute Gasteiger partial charge is 0.454 e. The molecule has 92 valence electrons. The van der Waals surface area contributed by atoms with Crippen LogP contribution < -0.4 is 4.74 Å². The minimum Gasteiger partial charge on any atom is -0.454 e. The summed E-state index contributed by atoms with van der Waals surface area (Å²) in [6.07, 6.45) is 0. The highest BCUT2D eigenvalue weighted by Crippen LogP contribution is 2.28. The summed E-state index contributed by atoms with van der Waals surface area (Å²) >= 11 is 0. The summed E-state index contributed by atoms with van der Waals surface area (Å²) in [7, 11) is 0. The molecule has 0 aliphatic carbocycles. The van der Waals surface area contributed by atoms with Crippen molar-refractivity contribution in [2.75, 3.05) is 0 Å². The lowest BCUT2D eigenvalue weighted by Crippen LogP contribution is -1.92. The monoisotopic (exact) mass is 251 g/mol. The van der Waals surface area contributed by atoms with Gasteiger partial charge >= 0.3 is 0 Å². The van der Waals surface area contributed by atoms with E-state index in [1.807, 2.05) is 0 Å². The summed E-state index contributed by atoms with van der Waals surface area (Å²) < 4.78 is 31.5. The van der Waals surface area contributed by atoms with Gasteiger partial charge in [0, 0.05) is 6.07 Å². The minimum absolute atomic E-state index is 0.127. The molecule has 2 aromatic carbocycles. The predicted molar refractivity (Wildman–Crippen MR) is 59.5 cm³/mol. The van der Waals surface area contributed by atoms with Crippen molar-refractivity contribution < 1.29 is 18.4 Å². The zero-order valence-electron chi connectivity index (χ0n) is 8.97. The maximum absolute atomic E-state index is 13.3. The summed E-state index contributed by atoms with van der Waals surface area (Å²) in [5.74, 6) is -1.72. The van der Waals surface area contributed by atoms with E-state index in [4.69, 9.17) is 4.74 Å². The second-order valence-corrected chi connectivity index (χ2v) is 3.43. The quantitative estimate of drug-likeness (QED) is 0.617. The number of rotatable bonds is 3. The maximum Gasteiger partial charge on any atom is 0.276 e. The van der Waals surface area contributed by atoms with Crippen molar-refractivity contribution in [3.63, 3.8) is 0 Å². The first kappa shape index (κ1) is 12.0. The van der Waals surface area contributed by atoms with Crippen LogP contribution in [0, 0.1) is 21.7 Å². The third kappa shape index (κ3) is 2.60. The number of nitrogens with zero attached hydrogens (tertiary/aromatic N) is 1. The van der Waals surface area contributed by atoms with E-state index < -0.39 is 22.2 Å². The Morgan fingerprint density at radius 3 is 2.50 bits per heavy atom. The van der Waals surface area contributed by atoms with Crippen LogP contribution in [-0.2, 0) is 0 Å². The molecule has 0 unspecified atom stereocenters. The SMILES string of the molecule is O=[N+]([O-])c1cc(F)cc(Oc2ccccc2F)c1. The van der Waals surface area contributed by atoms with E-state index in [-0.39, 0.29) is 11.5 Å². The predicted octanol–water partition coefficient (Wildman–Crippen LogP) is 3.67. The lowest BCUT2D eigenvalue weighted by atomic mass is 10.3. The Balaban J connectivity index is 2.35. The topological polar surface area (TPSA) is 52.4 Å². The Bertz CT molecular complexity index is 602. The van der Waals surface area contributed by atoms with E-state index in [0.29, 0.717) is 0 Å². The minimum atomic E-state index is -0.824. The highest BCUT2D eigenvalue weighted by Gasteiger charge is 2.12. The summed E-state index contributed by atoms with van der Waals surface area (Å²) in [4.78, 5) is 9.78. The number of para-hydroxylation sites is 1. The van der Waals surface area contributed by atoms with Gasteiger partial charge in [-0.1, -0.05) is 12.1 Å². The molecule has 18 heavy (non-hydrogen) atoms. The van der Waals surface area contributed by atoms with Crippen LogP contribution in [0.1, 0.15) is 0 Å². The molecule has 0 spiro atoms. The number of nitro benzene ring substituents is 1. The van der Waals surface area contributed by atoms with E-state index in [0.717, 1.165) is 18.2 Å². The van der Waals surface area contributed by atoms with Crippen molar-refractivity contribution in [2.45, 2.75) is 0 Å². The molecule has 0 N–H and O–H groups in total. The van der Waals surface area contributed by atoms with Gasteiger partial charge in [-0.15, -0.1) is 0 Å². The molecule has 6 heteroatoms. The highest BCUT2D eigenvalue weighted by molar-refractivity contribution is 5.41. The Morgan fingerprint density at radius 2 is 1.83 bits per heavy atom. The van der Waals surface area contributed by atoms with Gasteiger partial charge in [0.25, 0.3) is 5.69 Å². The van der Waals surface area contributed by atoms with Gasteiger partial charge in [-0.2, -0.15) is 0 Å². The van der Waals surface area contributed by atoms with Gasteiger partial charge in [0.2, 0.25) is 0 Å². The summed E-state index contributed by atoms with van der Waals surface area (Å²) in [5, 5.41) is 10.5. The van der Waals surface area contributed by atoms with Crippen molar-refractivity contribution in [2.24, 2.45) is 0 Å². The van der Waals surface area contributed by atoms with Crippen LogP contribution in [0.4, 0.5) is 14.5 Å². The first-order chi connectivity index (χ1) is 8.56. The fraction of sp³-hybridized carbons (Fsp3) is 0. The molecule has 0 saturated carbocycles. The molecule has 0 fully saturated rings. The van der Waals surface area contributed by atoms with Gasteiger partial charge in [-0.3, -0.25) is 10.1 Å². The molecule has 0 saturated heterocycles. The molecule has 0 bridgehead atoms. The van der Waals surface area contributed by atoms with Crippen LogP contribution in [0.3, 0.4) is 0 Å². The Morgan fingerprint density at radius 1 is 1.11 bits per heavy atom. The van der Waals surface area contributed by atoms with Crippen LogP contribution in [0.25, 0.3) is 0 Å². The fourth-order valence-corrected chi connectivity index (χ4v) is 1.37. The van der Waals surface area contributed by atoms with Gasteiger partial charge in [-0.25, -0.2) is 8.78 Å². The van der Waals surface area contributed by atoms with Crippen LogP contribution in [0.5, 0.6) is 11.5 Å². The normalized spacial score (nSPS) is 10.1. The molecule has 0 aliphatic heterocycles. The molecule has 0 heterocycles. The van der Waals surface area contributed by atoms with E-state index in [9.17, 15) is 18.9 Å². The molecule has 0 radical (unpaired) electrons. The van der Waals surface area contributed by atoms with Crippen molar-refractivity contribution in [3.8, 4) is 11.5 Å². The average molecular weight is 251 g/mol. The zero-order valence-corrected chi connectivity index (χ0v) is 8.97. The lowest BCUT2D eigenvalue weighted by molar-refractivity contribution is -0.385. The van der Waals surface area contributed by atoms with E-state index >= 15 is 0 Å². The Labute approximate surface area is 101 Å². The van der Waals surface area contributed by atoms with Gasteiger partial charge in [0.05, 0.1) is 17.1 Å². The molecule has 2 rings (SSSR count). The first-order valence-corrected chi connectivity index (χ1v) is 4.93. The summed E-state index contributed by atoms with van der Waals surface area (Å²) in [6.45, 7) is 0. The summed E-state index contributed by atoms with van der Waals surface area (Å²) in [5.41, 5.74) is -0.457. The smallest absolute Gasteiger partial charge is 0.276 e. The molecule has 0 atom stereocenters. The number of hydrogen-bond acceptors (Lipinski definition) is 3. The Hall–Kier alpha value is -2.50. The molecule has 0 aromatic heterocycles. The third-order valence-corrected chi connectivity index (χ3v) is 2.13.